The number of esters is 1. The van der Waals surface area contributed by atoms with Crippen molar-refractivity contribution in [1.82, 2.24) is 0 Å². The molecule has 0 bridgehead atoms. The molecule has 2 aromatic rings. The average molecular weight is 368 g/mol. The first kappa shape index (κ1) is 18.7. The summed E-state index contributed by atoms with van der Waals surface area (Å²) in [6, 6.07) is 10.3. The van der Waals surface area contributed by atoms with Crippen LogP contribution in [0.2, 0.25) is 0 Å². The highest BCUT2D eigenvalue weighted by Gasteiger charge is 2.15. The summed E-state index contributed by atoms with van der Waals surface area (Å²) >= 11 is 1.46. The van der Waals surface area contributed by atoms with Crippen molar-refractivity contribution in [2.24, 2.45) is 0 Å². The summed E-state index contributed by atoms with van der Waals surface area (Å²) in [5.74, 6) is -0.287. The highest BCUT2D eigenvalue weighted by Crippen LogP contribution is 2.27. The Morgan fingerprint density at radius 2 is 1.69 bits per heavy atom. The van der Waals surface area contributed by atoms with Crippen LogP contribution in [0.15, 0.2) is 35.2 Å². The van der Waals surface area contributed by atoms with Crippen molar-refractivity contribution in [2.45, 2.75) is 44.9 Å². The molecule has 26 heavy (non-hydrogen) atoms. The van der Waals surface area contributed by atoms with Crippen molar-refractivity contribution < 1.29 is 14.3 Å². The number of ketones is 1. The number of rotatable bonds is 6. The fraction of sp³-hybridized carbons (Fsp3) is 0.364. The summed E-state index contributed by atoms with van der Waals surface area (Å²) in [4.78, 5) is 25.4. The second-order valence-corrected chi connectivity index (χ2v) is 7.96. The lowest BCUT2D eigenvalue weighted by Gasteiger charge is -2.10. The Hall–Kier alpha value is -2.07. The lowest BCUT2D eigenvalue weighted by atomic mass is 9.98. The van der Waals surface area contributed by atoms with Crippen LogP contribution in [0.25, 0.3) is 0 Å². The minimum atomic E-state index is -0.356. The molecule has 0 unspecified atom stereocenters. The van der Waals surface area contributed by atoms with Crippen LogP contribution in [-0.4, -0.2) is 24.1 Å². The monoisotopic (exact) mass is 368 g/mol. The third-order valence-electron chi connectivity index (χ3n) is 4.93. The standard InChI is InChI=1S/C22H24O3S/c1-14-9-16(3)20(10-15(14)2)21(23)12-25-22(24)13-26-19-8-7-17-5-4-6-18(17)11-19/h7-11H,4-6,12-13H2,1-3H3. The molecule has 0 spiro atoms. The molecule has 0 aromatic heterocycles. The fourth-order valence-electron chi connectivity index (χ4n) is 3.31. The Kier molecular flexibility index (Phi) is 5.82. The van der Waals surface area contributed by atoms with Crippen LogP contribution in [0.4, 0.5) is 0 Å². The molecule has 0 saturated heterocycles. The molecule has 0 radical (unpaired) electrons. The van der Waals surface area contributed by atoms with Crippen LogP contribution in [-0.2, 0) is 22.4 Å². The van der Waals surface area contributed by atoms with Gasteiger partial charge in [0, 0.05) is 10.5 Å². The van der Waals surface area contributed by atoms with Gasteiger partial charge in [0.2, 0.25) is 5.78 Å². The highest BCUT2D eigenvalue weighted by molar-refractivity contribution is 8.00. The third kappa shape index (κ3) is 4.36. The van der Waals surface area contributed by atoms with Gasteiger partial charge in [-0.1, -0.05) is 12.1 Å². The molecule has 0 atom stereocenters. The van der Waals surface area contributed by atoms with Gasteiger partial charge in [-0.2, -0.15) is 0 Å². The van der Waals surface area contributed by atoms with Gasteiger partial charge in [-0.25, -0.2) is 0 Å². The van der Waals surface area contributed by atoms with Gasteiger partial charge in [-0.3, -0.25) is 9.59 Å². The van der Waals surface area contributed by atoms with E-state index in [1.165, 1.54) is 29.3 Å². The normalized spacial score (nSPS) is 12.7. The molecule has 136 valence electrons. The van der Waals surface area contributed by atoms with Gasteiger partial charge in [0.05, 0.1) is 5.75 Å². The zero-order valence-corrected chi connectivity index (χ0v) is 16.4. The molecule has 0 N–H and O–H groups in total. The van der Waals surface area contributed by atoms with E-state index in [1.54, 1.807) is 0 Å². The van der Waals surface area contributed by atoms with Gasteiger partial charge in [0.1, 0.15) is 0 Å². The summed E-state index contributed by atoms with van der Waals surface area (Å²) in [7, 11) is 0. The first-order valence-corrected chi connectivity index (χ1v) is 9.94. The lowest BCUT2D eigenvalue weighted by Crippen LogP contribution is -2.16. The molecule has 4 heteroatoms. The minimum absolute atomic E-state index is 0.151. The fourth-order valence-corrected chi connectivity index (χ4v) is 4.06. The van der Waals surface area contributed by atoms with E-state index in [4.69, 9.17) is 4.74 Å². The molecule has 3 nitrogen and oxygen atoms in total. The number of thioether (sulfide) groups is 1. The molecule has 0 heterocycles. The van der Waals surface area contributed by atoms with E-state index < -0.39 is 0 Å². The van der Waals surface area contributed by atoms with Crippen LogP contribution in [0.1, 0.15) is 44.6 Å². The zero-order valence-electron chi connectivity index (χ0n) is 15.6. The van der Waals surface area contributed by atoms with Gasteiger partial charge in [0.25, 0.3) is 0 Å². The largest absolute Gasteiger partial charge is 0.457 e. The number of carbonyl (C=O) groups excluding carboxylic acids is 2. The van der Waals surface area contributed by atoms with Gasteiger partial charge in [-0.15, -0.1) is 11.8 Å². The van der Waals surface area contributed by atoms with E-state index in [0.29, 0.717) is 5.56 Å². The number of ether oxygens (including phenoxy) is 1. The Morgan fingerprint density at radius 1 is 0.962 bits per heavy atom. The van der Waals surface area contributed by atoms with E-state index >= 15 is 0 Å². The van der Waals surface area contributed by atoms with Gasteiger partial charge < -0.3 is 4.74 Å². The maximum atomic E-state index is 12.4. The molecule has 0 fully saturated rings. The lowest BCUT2D eigenvalue weighted by molar-refractivity contribution is -0.139. The summed E-state index contributed by atoms with van der Waals surface area (Å²) in [6.45, 7) is 5.70. The SMILES string of the molecule is Cc1cc(C)c(C(=O)COC(=O)CSc2ccc3c(c2)CCC3)cc1C. The van der Waals surface area contributed by atoms with Crippen molar-refractivity contribution in [1.29, 1.82) is 0 Å². The Balaban J connectivity index is 1.51. The molecule has 3 rings (SSSR count). The Labute approximate surface area is 159 Å². The summed E-state index contributed by atoms with van der Waals surface area (Å²) < 4.78 is 5.19. The first-order valence-electron chi connectivity index (χ1n) is 8.95. The van der Waals surface area contributed by atoms with E-state index in [1.807, 2.05) is 32.9 Å². The van der Waals surface area contributed by atoms with E-state index in [2.05, 4.69) is 18.2 Å². The number of hydrogen-bond donors (Lipinski definition) is 0. The number of fused-ring (bicyclic) bond motifs is 1. The molecule has 1 aliphatic carbocycles. The van der Waals surface area contributed by atoms with E-state index in [9.17, 15) is 9.59 Å². The molecule has 1 aliphatic rings. The molecule has 0 aliphatic heterocycles. The zero-order chi connectivity index (χ0) is 18.7. The van der Waals surface area contributed by atoms with Crippen LogP contribution in [0.3, 0.4) is 0 Å². The van der Waals surface area contributed by atoms with Gasteiger partial charge in [0.15, 0.2) is 6.61 Å². The molecule has 2 aromatic carbocycles. The van der Waals surface area contributed by atoms with Crippen LogP contribution >= 0.6 is 11.8 Å². The quantitative estimate of drug-likeness (QED) is 0.424. The Bertz CT molecular complexity index is 855. The second-order valence-electron chi connectivity index (χ2n) is 6.91. The molecule has 0 amide bonds. The van der Waals surface area contributed by atoms with Crippen LogP contribution in [0, 0.1) is 20.8 Å². The van der Waals surface area contributed by atoms with Crippen molar-refractivity contribution in [3.63, 3.8) is 0 Å². The second kappa shape index (κ2) is 8.09. The van der Waals surface area contributed by atoms with Gasteiger partial charge >= 0.3 is 5.97 Å². The average Bonchev–Trinajstić information content (AvgIpc) is 3.08. The smallest absolute Gasteiger partial charge is 0.316 e. The van der Waals surface area contributed by atoms with Crippen molar-refractivity contribution in [3.8, 4) is 0 Å². The van der Waals surface area contributed by atoms with Crippen molar-refractivity contribution in [3.05, 3.63) is 63.7 Å². The minimum Gasteiger partial charge on any atom is -0.457 e. The predicted octanol–water partition coefficient (Wildman–Crippen LogP) is 4.62. The van der Waals surface area contributed by atoms with Crippen molar-refractivity contribution in [2.75, 3.05) is 12.4 Å². The maximum Gasteiger partial charge on any atom is 0.316 e. The van der Waals surface area contributed by atoms with Gasteiger partial charge in [-0.05, 0) is 86.1 Å². The molecular weight excluding hydrogens is 344 g/mol. The topological polar surface area (TPSA) is 43.4 Å². The Morgan fingerprint density at radius 3 is 2.50 bits per heavy atom. The number of benzene rings is 2. The maximum absolute atomic E-state index is 12.4. The number of Topliss-reactive ketones (excluding diaryl/α,β-unsaturated/α-hetero) is 1. The predicted molar refractivity (Wildman–Crippen MR) is 105 cm³/mol. The number of aryl methyl sites for hydroxylation is 5. The summed E-state index contributed by atoms with van der Waals surface area (Å²) in [5, 5.41) is 0. The molecule has 0 saturated carbocycles. The number of carbonyl (C=O) groups is 2. The third-order valence-corrected chi connectivity index (χ3v) is 5.90. The number of hydrogen-bond acceptors (Lipinski definition) is 4. The molecular formula is C22H24O3S. The highest BCUT2D eigenvalue weighted by atomic mass is 32.2. The van der Waals surface area contributed by atoms with Crippen molar-refractivity contribution >= 4 is 23.5 Å². The van der Waals surface area contributed by atoms with E-state index in [-0.39, 0.29) is 24.1 Å². The first-order chi connectivity index (χ1) is 12.4. The van der Waals surface area contributed by atoms with Crippen LogP contribution < -0.4 is 0 Å². The summed E-state index contributed by atoms with van der Waals surface area (Å²) in [5.41, 5.74) is 6.59. The summed E-state index contributed by atoms with van der Waals surface area (Å²) in [6.07, 6.45) is 3.49. The van der Waals surface area contributed by atoms with Crippen LogP contribution in [0.5, 0.6) is 0 Å². The van der Waals surface area contributed by atoms with E-state index in [0.717, 1.165) is 34.4 Å².